The van der Waals surface area contributed by atoms with Gasteiger partial charge in [-0.25, -0.2) is 0 Å². The number of hydrogen-bond acceptors (Lipinski definition) is 3. The highest BCUT2D eigenvalue weighted by Crippen LogP contribution is 1.98. The lowest BCUT2D eigenvalue weighted by Gasteiger charge is -1.94. The summed E-state index contributed by atoms with van der Waals surface area (Å²) in [5, 5.41) is 7.13. The predicted octanol–water partition coefficient (Wildman–Crippen LogP) is 1.83. The first kappa shape index (κ1) is 12.3. The molecule has 0 aromatic heterocycles. The summed E-state index contributed by atoms with van der Waals surface area (Å²) >= 11 is 0. The number of hydrogen-bond donors (Lipinski definition) is 3. The van der Waals surface area contributed by atoms with E-state index in [1.807, 2.05) is 6.08 Å². The summed E-state index contributed by atoms with van der Waals surface area (Å²) in [6.07, 6.45) is 9.75. The monoisotopic (exact) mass is 191 g/mol. The maximum Gasteiger partial charge on any atom is 0.0423 e. The molecule has 5 N–H and O–H groups in total. The average Bonchev–Trinajstić information content (AvgIpc) is 2.18. The van der Waals surface area contributed by atoms with E-state index in [1.165, 1.54) is 12.4 Å². The second-order valence-corrected chi connectivity index (χ2v) is 2.72. The minimum absolute atomic E-state index is 0.472. The van der Waals surface area contributed by atoms with Gasteiger partial charge in [-0.3, -0.25) is 0 Å². The zero-order valence-electron chi connectivity index (χ0n) is 8.46. The van der Waals surface area contributed by atoms with Crippen LogP contribution in [-0.4, -0.2) is 6.21 Å². The molecule has 0 heterocycles. The molecule has 0 saturated heterocycles. The van der Waals surface area contributed by atoms with Crippen LogP contribution in [0.3, 0.4) is 0 Å². The molecular weight excluding hydrogens is 174 g/mol. The average molecular weight is 191 g/mol. The van der Waals surface area contributed by atoms with Crippen LogP contribution in [0.2, 0.25) is 0 Å². The van der Waals surface area contributed by atoms with Crippen LogP contribution >= 0.6 is 0 Å². The van der Waals surface area contributed by atoms with E-state index in [0.29, 0.717) is 11.3 Å². The fraction of sp³-hybridized carbons (Fsp3) is 0.273. The Balaban J connectivity index is 4.66. The number of unbranched alkanes of at least 4 members (excludes halogenated alkanes) is 1. The third kappa shape index (κ3) is 5.01. The van der Waals surface area contributed by atoms with Crippen molar-refractivity contribution < 1.29 is 0 Å². The summed E-state index contributed by atoms with van der Waals surface area (Å²) in [6.45, 7) is 2.09. The minimum atomic E-state index is 0.472. The maximum absolute atomic E-state index is 7.13. The highest BCUT2D eigenvalue weighted by molar-refractivity contribution is 5.81. The van der Waals surface area contributed by atoms with Crippen LogP contribution in [0.25, 0.3) is 0 Å². The Labute approximate surface area is 85.0 Å². The standard InChI is InChI=1S/C11H17N3/c1-2-3-4-5-6-10(9-13)11(14)7-8-12/h4,6-9,13H,2-3,12,14H2,1H3. The second-order valence-electron chi connectivity index (χ2n) is 2.72. The van der Waals surface area contributed by atoms with Crippen molar-refractivity contribution in [2.75, 3.05) is 0 Å². The van der Waals surface area contributed by atoms with E-state index in [4.69, 9.17) is 16.9 Å². The van der Waals surface area contributed by atoms with Crippen molar-refractivity contribution in [1.82, 2.24) is 0 Å². The molecule has 3 heteroatoms. The Bertz CT molecular complexity index is 292. The molecule has 0 radical (unpaired) electrons. The molecule has 0 aliphatic heterocycles. The van der Waals surface area contributed by atoms with E-state index in [-0.39, 0.29) is 0 Å². The largest absolute Gasteiger partial charge is 0.405 e. The van der Waals surface area contributed by atoms with E-state index in [0.717, 1.165) is 12.8 Å². The van der Waals surface area contributed by atoms with Crippen LogP contribution in [0.4, 0.5) is 0 Å². The molecule has 0 aromatic rings. The fourth-order valence-electron chi connectivity index (χ4n) is 0.785. The van der Waals surface area contributed by atoms with Crippen molar-refractivity contribution in [2.45, 2.75) is 19.8 Å². The maximum atomic E-state index is 7.13. The van der Waals surface area contributed by atoms with Gasteiger partial charge in [0.2, 0.25) is 0 Å². The van der Waals surface area contributed by atoms with Crippen molar-refractivity contribution in [3.05, 3.63) is 41.4 Å². The third-order valence-electron chi connectivity index (χ3n) is 1.55. The Morgan fingerprint density at radius 2 is 2.21 bits per heavy atom. The van der Waals surface area contributed by atoms with Gasteiger partial charge in [0, 0.05) is 17.5 Å². The molecule has 3 nitrogen and oxygen atoms in total. The Kier molecular flexibility index (Phi) is 6.92. The molecule has 0 aliphatic rings. The first-order valence-corrected chi connectivity index (χ1v) is 4.55. The Morgan fingerprint density at radius 3 is 2.71 bits per heavy atom. The molecule has 0 aromatic carbocycles. The lowest BCUT2D eigenvalue weighted by molar-refractivity contribution is 0.960. The van der Waals surface area contributed by atoms with E-state index >= 15 is 0 Å². The number of rotatable bonds is 5. The summed E-state index contributed by atoms with van der Waals surface area (Å²) in [5.74, 6) is 0. The van der Waals surface area contributed by atoms with Crippen LogP contribution in [0.15, 0.2) is 41.4 Å². The van der Waals surface area contributed by atoms with Gasteiger partial charge >= 0.3 is 0 Å². The smallest absolute Gasteiger partial charge is 0.0423 e. The molecule has 0 unspecified atom stereocenters. The van der Waals surface area contributed by atoms with Gasteiger partial charge in [0.1, 0.15) is 0 Å². The molecule has 14 heavy (non-hydrogen) atoms. The third-order valence-corrected chi connectivity index (χ3v) is 1.55. The van der Waals surface area contributed by atoms with Gasteiger partial charge in [0.15, 0.2) is 0 Å². The normalized spacial score (nSPS) is 11.8. The summed E-state index contributed by atoms with van der Waals surface area (Å²) in [7, 11) is 0. The van der Waals surface area contributed by atoms with Gasteiger partial charge in [0.25, 0.3) is 0 Å². The van der Waals surface area contributed by atoms with Crippen molar-refractivity contribution >= 4 is 6.21 Å². The molecule has 0 spiro atoms. The SMILES string of the molecule is CCCC=C=CC(C=N)=C(N)C=CN. The van der Waals surface area contributed by atoms with Gasteiger partial charge in [-0.2, -0.15) is 0 Å². The second kappa shape index (κ2) is 7.90. The minimum Gasteiger partial charge on any atom is -0.405 e. The molecule has 0 rings (SSSR count). The van der Waals surface area contributed by atoms with E-state index in [1.54, 1.807) is 12.2 Å². The molecule has 0 fully saturated rings. The highest BCUT2D eigenvalue weighted by atomic mass is 14.6. The highest BCUT2D eigenvalue weighted by Gasteiger charge is 1.90. The van der Waals surface area contributed by atoms with Gasteiger partial charge in [-0.1, -0.05) is 13.3 Å². The van der Waals surface area contributed by atoms with Gasteiger partial charge in [-0.15, -0.1) is 5.73 Å². The zero-order chi connectivity index (χ0) is 10.8. The van der Waals surface area contributed by atoms with Crippen molar-refractivity contribution in [1.29, 1.82) is 5.41 Å². The molecule has 76 valence electrons. The molecule has 0 amide bonds. The summed E-state index contributed by atoms with van der Waals surface area (Å²) in [5.41, 5.74) is 14.9. The first-order valence-electron chi connectivity index (χ1n) is 4.55. The Morgan fingerprint density at radius 1 is 1.50 bits per heavy atom. The summed E-state index contributed by atoms with van der Waals surface area (Å²) in [4.78, 5) is 0. The van der Waals surface area contributed by atoms with Crippen LogP contribution in [0.5, 0.6) is 0 Å². The quantitative estimate of drug-likeness (QED) is 0.352. The van der Waals surface area contributed by atoms with Crippen LogP contribution < -0.4 is 11.5 Å². The van der Waals surface area contributed by atoms with Crippen LogP contribution in [0.1, 0.15) is 19.8 Å². The van der Waals surface area contributed by atoms with E-state index in [2.05, 4.69) is 12.7 Å². The van der Waals surface area contributed by atoms with Gasteiger partial charge in [-0.05, 0) is 30.8 Å². The molecular formula is C11H17N3. The fourth-order valence-corrected chi connectivity index (χ4v) is 0.785. The molecule has 0 bridgehead atoms. The number of nitrogens with two attached hydrogens (primary N) is 2. The lowest BCUT2D eigenvalue weighted by atomic mass is 10.2. The van der Waals surface area contributed by atoms with Crippen LogP contribution in [-0.2, 0) is 0 Å². The molecule has 0 aliphatic carbocycles. The van der Waals surface area contributed by atoms with E-state index < -0.39 is 0 Å². The van der Waals surface area contributed by atoms with Crippen molar-refractivity contribution in [2.24, 2.45) is 11.5 Å². The molecule has 0 atom stereocenters. The molecule has 0 saturated carbocycles. The van der Waals surface area contributed by atoms with Crippen molar-refractivity contribution in [3.8, 4) is 0 Å². The Hall–Kier alpha value is -1.73. The topological polar surface area (TPSA) is 75.9 Å². The number of allylic oxidation sites excluding steroid dienone is 3. The van der Waals surface area contributed by atoms with E-state index in [9.17, 15) is 0 Å². The summed E-state index contributed by atoms with van der Waals surface area (Å²) < 4.78 is 0. The predicted molar refractivity (Wildman–Crippen MR) is 60.9 cm³/mol. The lowest BCUT2D eigenvalue weighted by Crippen LogP contribution is -1.99. The van der Waals surface area contributed by atoms with Gasteiger partial charge < -0.3 is 16.9 Å². The number of nitrogens with one attached hydrogen (secondary N) is 1. The summed E-state index contributed by atoms with van der Waals surface area (Å²) in [6, 6.07) is 0. The zero-order valence-corrected chi connectivity index (χ0v) is 8.46. The van der Waals surface area contributed by atoms with Crippen LogP contribution in [0, 0.1) is 5.41 Å². The first-order chi connectivity index (χ1) is 6.76. The van der Waals surface area contributed by atoms with Crippen molar-refractivity contribution in [3.63, 3.8) is 0 Å². The van der Waals surface area contributed by atoms with Gasteiger partial charge in [0.05, 0.1) is 0 Å².